The van der Waals surface area contributed by atoms with Gasteiger partial charge in [0.1, 0.15) is 12.4 Å². The van der Waals surface area contributed by atoms with Crippen LogP contribution in [0, 0.1) is 0 Å². The van der Waals surface area contributed by atoms with E-state index in [4.69, 9.17) is 5.11 Å². The van der Waals surface area contributed by atoms with Gasteiger partial charge in [-0.2, -0.15) is 8.78 Å². The minimum absolute atomic E-state index is 0.122. The molecule has 0 aliphatic heterocycles. The van der Waals surface area contributed by atoms with Crippen LogP contribution in [0.3, 0.4) is 0 Å². The summed E-state index contributed by atoms with van der Waals surface area (Å²) in [5.41, 5.74) is -0.929. The van der Waals surface area contributed by atoms with Crippen LogP contribution < -0.4 is 0 Å². The molecule has 0 radical (unpaired) electrons. The van der Waals surface area contributed by atoms with Crippen molar-refractivity contribution < 1.29 is 28.5 Å². The first kappa shape index (κ1) is 12.4. The van der Waals surface area contributed by atoms with E-state index in [2.05, 4.69) is 4.74 Å². The highest BCUT2D eigenvalue weighted by Crippen LogP contribution is 2.34. The Morgan fingerprint density at radius 3 is 2.62 bits per heavy atom. The highest BCUT2D eigenvalue weighted by Gasteiger charge is 2.34. The third-order valence-electron chi connectivity index (χ3n) is 2.01. The largest absolute Gasteiger partial charge is 0.507 e. The summed E-state index contributed by atoms with van der Waals surface area (Å²) in [6, 6.07) is 2.89. The fraction of sp³-hybridized carbons (Fsp3) is 0.300. The molecule has 6 heteroatoms. The number of benzene rings is 1. The zero-order chi connectivity index (χ0) is 12.3. The maximum Gasteiger partial charge on any atom is 0.337 e. The number of phenols is 1. The topological polar surface area (TPSA) is 66.8 Å². The number of hydrogen-bond acceptors (Lipinski definition) is 4. The van der Waals surface area contributed by atoms with Gasteiger partial charge in [-0.05, 0) is 18.2 Å². The number of ether oxygens (including phenoxy) is 1. The lowest BCUT2D eigenvalue weighted by Gasteiger charge is -2.15. The Labute approximate surface area is 90.1 Å². The van der Waals surface area contributed by atoms with Gasteiger partial charge in [-0.1, -0.05) is 0 Å². The molecular weight excluding hydrogens is 222 g/mol. The van der Waals surface area contributed by atoms with Crippen molar-refractivity contribution in [2.45, 2.75) is 5.92 Å². The summed E-state index contributed by atoms with van der Waals surface area (Å²) in [6.45, 7) is -1.45. The molecule has 0 saturated carbocycles. The molecule has 0 aliphatic rings. The van der Waals surface area contributed by atoms with E-state index in [9.17, 15) is 18.7 Å². The third-order valence-corrected chi connectivity index (χ3v) is 2.01. The quantitative estimate of drug-likeness (QED) is 0.770. The van der Waals surface area contributed by atoms with Crippen LogP contribution in [0.15, 0.2) is 18.2 Å². The third kappa shape index (κ3) is 2.27. The average molecular weight is 232 g/mol. The van der Waals surface area contributed by atoms with Gasteiger partial charge in [0.25, 0.3) is 5.92 Å². The van der Waals surface area contributed by atoms with Crippen molar-refractivity contribution in [3.63, 3.8) is 0 Å². The molecule has 0 amide bonds. The molecular formula is C10H10F2O4. The molecule has 16 heavy (non-hydrogen) atoms. The van der Waals surface area contributed by atoms with E-state index in [0.29, 0.717) is 0 Å². The summed E-state index contributed by atoms with van der Waals surface area (Å²) in [5.74, 6) is -5.09. The molecule has 0 spiro atoms. The van der Waals surface area contributed by atoms with Crippen molar-refractivity contribution in [2.75, 3.05) is 13.7 Å². The molecule has 0 aromatic heterocycles. The first-order valence-corrected chi connectivity index (χ1v) is 4.33. The summed E-state index contributed by atoms with van der Waals surface area (Å²) in [7, 11) is 1.11. The van der Waals surface area contributed by atoms with Gasteiger partial charge >= 0.3 is 5.97 Å². The zero-order valence-electron chi connectivity index (χ0n) is 8.41. The van der Waals surface area contributed by atoms with Crippen molar-refractivity contribution in [1.29, 1.82) is 0 Å². The van der Waals surface area contributed by atoms with Crippen LogP contribution in [-0.2, 0) is 10.7 Å². The number of methoxy groups -OCH3 is 1. The number of aliphatic hydroxyl groups is 1. The molecule has 4 nitrogen and oxygen atoms in total. The lowest BCUT2D eigenvalue weighted by atomic mass is 10.0. The Kier molecular flexibility index (Phi) is 3.44. The van der Waals surface area contributed by atoms with Crippen LogP contribution >= 0.6 is 0 Å². The van der Waals surface area contributed by atoms with E-state index in [0.717, 1.165) is 25.3 Å². The second-order valence-corrected chi connectivity index (χ2v) is 3.09. The Bertz CT molecular complexity index is 404. The van der Waals surface area contributed by atoms with Gasteiger partial charge in [-0.3, -0.25) is 0 Å². The number of rotatable bonds is 3. The van der Waals surface area contributed by atoms with E-state index in [-0.39, 0.29) is 5.56 Å². The summed E-state index contributed by atoms with van der Waals surface area (Å²) in [5, 5.41) is 17.7. The number of carbonyl (C=O) groups excluding carboxylic acids is 1. The summed E-state index contributed by atoms with van der Waals surface area (Å²) < 4.78 is 30.6. The molecule has 1 aromatic rings. The molecule has 0 bridgehead atoms. The SMILES string of the molecule is COC(=O)c1ccc(O)c(C(F)(F)CO)c1. The predicted octanol–water partition coefficient (Wildman–Crippen LogP) is 1.26. The van der Waals surface area contributed by atoms with Gasteiger partial charge in [0.2, 0.25) is 0 Å². The summed E-state index contributed by atoms with van der Waals surface area (Å²) in [6.07, 6.45) is 0. The summed E-state index contributed by atoms with van der Waals surface area (Å²) >= 11 is 0. The molecule has 0 aliphatic carbocycles. The number of carbonyl (C=O) groups is 1. The predicted molar refractivity (Wildman–Crippen MR) is 50.4 cm³/mol. The second kappa shape index (κ2) is 4.44. The first-order valence-electron chi connectivity index (χ1n) is 4.33. The Morgan fingerprint density at radius 2 is 2.12 bits per heavy atom. The summed E-state index contributed by atoms with van der Waals surface area (Å²) in [4.78, 5) is 11.1. The number of halogens is 2. The number of phenolic OH excluding ortho intramolecular Hbond substituents is 1. The second-order valence-electron chi connectivity index (χ2n) is 3.09. The van der Waals surface area contributed by atoms with Gasteiger partial charge in [0.15, 0.2) is 0 Å². The molecule has 0 atom stereocenters. The Balaban J connectivity index is 3.24. The number of alkyl halides is 2. The molecule has 1 aromatic carbocycles. The standard InChI is InChI=1S/C10H10F2O4/c1-16-9(15)6-2-3-8(14)7(4-6)10(11,12)5-13/h2-4,13-14H,5H2,1H3. The van der Waals surface area contributed by atoms with E-state index in [1.54, 1.807) is 0 Å². The number of aliphatic hydroxyl groups excluding tert-OH is 1. The molecule has 0 heterocycles. The smallest absolute Gasteiger partial charge is 0.337 e. The van der Waals surface area contributed by atoms with Crippen LogP contribution in [0.5, 0.6) is 5.75 Å². The van der Waals surface area contributed by atoms with Crippen molar-refractivity contribution in [3.8, 4) is 5.75 Å². The number of aromatic hydroxyl groups is 1. The van der Waals surface area contributed by atoms with Gasteiger partial charge in [0.05, 0.1) is 18.2 Å². The molecule has 1 rings (SSSR count). The van der Waals surface area contributed by atoms with Crippen molar-refractivity contribution in [1.82, 2.24) is 0 Å². The van der Waals surface area contributed by atoms with E-state index in [1.165, 1.54) is 0 Å². The lowest BCUT2D eigenvalue weighted by molar-refractivity contribution is -0.0571. The van der Waals surface area contributed by atoms with Crippen LogP contribution in [0.4, 0.5) is 8.78 Å². The van der Waals surface area contributed by atoms with E-state index in [1.807, 2.05) is 0 Å². The Morgan fingerprint density at radius 1 is 1.50 bits per heavy atom. The van der Waals surface area contributed by atoms with E-state index < -0.39 is 29.8 Å². The van der Waals surface area contributed by atoms with E-state index >= 15 is 0 Å². The van der Waals surface area contributed by atoms with Gasteiger partial charge in [-0.15, -0.1) is 0 Å². The highest BCUT2D eigenvalue weighted by atomic mass is 19.3. The first-order chi connectivity index (χ1) is 7.42. The average Bonchev–Trinajstić information content (AvgIpc) is 2.28. The van der Waals surface area contributed by atoms with Crippen LogP contribution in [0.2, 0.25) is 0 Å². The normalized spacial score (nSPS) is 11.2. The highest BCUT2D eigenvalue weighted by molar-refractivity contribution is 5.89. The molecule has 0 fully saturated rings. The van der Waals surface area contributed by atoms with Crippen LogP contribution in [0.25, 0.3) is 0 Å². The molecule has 0 saturated heterocycles. The Hall–Kier alpha value is -1.69. The minimum atomic E-state index is -3.60. The monoisotopic (exact) mass is 232 g/mol. The molecule has 2 N–H and O–H groups in total. The van der Waals surface area contributed by atoms with Crippen LogP contribution in [-0.4, -0.2) is 29.9 Å². The maximum atomic E-state index is 13.1. The number of hydrogen-bond donors (Lipinski definition) is 2. The molecule has 0 unspecified atom stereocenters. The maximum absolute atomic E-state index is 13.1. The van der Waals surface area contributed by atoms with Crippen molar-refractivity contribution >= 4 is 5.97 Å². The fourth-order valence-electron chi connectivity index (χ4n) is 1.16. The van der Waals surface area contributed by atoms with Crippen molar-refractivity contribution in [3.05, 3.63) is 29.3 Å². The lowest BCUT2D eigenvalue weighted by Crippen LogP contribution is -2.19. The van der Waals surface area contributed by atoms with Gasteiger partial charge < -0.3 is 14.9 Å². The van der Waals surface area contributed by atoms with Gasteiger partial charge in [0, 0.05) is 0 Å². The number of esters is 1. The zero-order valence-corrected chi connectivity index (χ0v) is 8.41. The minimum Gasteiger partial charge on any atom is -0.507 e. The van der Waals surface area contributed by atoms with Gasteiger partial charge in [-0.25, -0.2) is 4.79 Å². The fourth-order valence-corrected chi connectivity index (χ4v) is 1.16. The van der Waals surface area contributed by atoms with Crippen LogP contribution in [0.1, 0.15) is 15.9 Å². The molecule has 88 valence electrons. The van der Waals surface area contributed by atoms with Crippen molar-refractivity contribution in [2.24, 2.45) is 0 Å².